The summed E-state index contributed by atoms with van der Waals surface area (Å²) in [7, 11) is 0. The molecule has 3 aromatic rings. The molecule has 2 nitrogen and oxygen atoms in total. The molecule has 96 valence electrons. The summed E-state index contributed by atoms with van der Waals surface area (Å²) in [5, 5.41) is 1.18. The number of nitrogens with zero attached hydrogens (tertiary/aromatic N) is 1. The fraction of sp³-hybridized carbons (Fsp3) is 0.0714. The molecular formula is C14H10Cl2N2S. The number of aromatic nitrogens is 2. The topological polar surface area (TPSA) is 20.7 Å². The van der Waals surface area contributed by atoms with Crippen LogP contribution in [0.3, 0.4) is 0 Å². The highest BCUT2D eigenvalue weighted by atomic mass is 35.5. The second-order valence-electron chi connectivity index (χ2n) is 4.41. The van der Waals surface area contributed by atoms with Crippen molar-refractivity contribution in [2.24, 2.45) is 0 Å². The predicted molar refractivity (Wildman–Crippen MR) is 83.2 cm³/mol. The molecule has 0 saturated carbocycles. The van der Waals surface area contributed by atoms with Crippen molar-refractivity contribution in [1.29, 1.82) is 0 Å². The lowest BCUT2D eigenvalue weighted by atomic mass is 10.2. The van der Waals surface area contributed by atoms with Crippen molar-refractivity contribution in [3.63, 3.8) is 0 Å². The Bertz CT molecular complexity index is 813. The van der Waals surface area contributed by atoms with E-state index in [4.69, 9.17) is 35.4 Å². The van der Waals surface area contributed by atoms with Gasteiger partial charge in [-0.1, -0.05) is 29.3 Å². The molecule has 3 rings (SSSR count). The summed E-state index contributed by atoms with van der Waals surface area (Å²) in [6, 6.07) is 11.5. The van der Waals surface area contributed by atoms with Gasteiger partial charge >= 0.3 is 0 Å². The monoisotopic (exact) mass is 308 g/mol. The van der Waals surface area contributed by atoms with Gasteiger partial charge in [-0.25, -0.2) is 0 Å². The largest absolute Gasteiger partial charge is 0.330 e. The average Bonchev–Trinajstić information content (AvgIpc) is 2.62. The average molecular weight is 309 g/mol. The first-order valence-electron chi connectivity index (χ1n) is 5.72. The zero-order valence-electron chi connectivity index (χ0n) is 10.1. The molecule has 19 heavy (non-hydrogen) atoms. The summed E-state index contributed by atoms with van der Waals surface area (Å²) in [6.07, 6.45) is 0. The van der Waals surface area contributed by atoms with E-state index in [2.05, 4.69) is 11.1 Å². The van der Waals surface area contributed by atoms with Gasteiger partial charge in [0, 0.05) is 10.0 Å². The van der Waals surface area contributed by atoms with E-state index in [-0.39, 0.29) is 0 Å². The van der Waals surface area contributed by atoms with Gasteiger partial charge < -0.3 is 4.98 Å². The van der Waals surface area contributed by atoms with Gasteiger partial charge in [0.2, 0.25) is 0 Å². The Morgan fingerprint density at radius 1 is 1.05 bits per heavy atom. The van der Waals surface area contributed by atoms with Crippen LogP contribution in [0.25, 0.3) is 16.7 Å². The minimum Gasteiger partial charge on any atom is -0.330 e. The van der Waals surface area contributed by atoms with Crippen LogP contribution in [0.5, 0.6) is 0 Å². The molecule has 1 aromatic heterocycles. The molecule has 0 saturated heterocycles. The summed E-state index contributed by atoms with van der Waals surface area (Å²) in [5.74, 6) is 0. The van der Waals surface area contributed by atoms with Crippen molar-refractivity contribution < 1.29 is 0 Å². The Kier molecular flexibility index (Phi) is 3.13. The summed E-state index contributed by atoms with van der Waals surface area (Å²) >= 11 is 17.5. The molecule has 2 aromatic carbocycles. The Morgan fingerprint density at radius 3 is 2.42 bits per heavy atom. The Hall–Kier alpha value is -1.29. The van der Waals surface area contributed by atoms with E-state index in [1.54, 1.807) is 6.07 Å². The van der Waals surface area contributed by atoms with Gasteiger partial charge in [-0.3, -0.25) is 4.57 Å². The van der Waals surface area contributed by atoms with E-state index in [0.717, 1.165) is 16.7 Å². The molecule has 1 heterocycles. The summed E-state index contributed by atoms with van der Waals surface area (Å²) in [6.45, 7) is 2.05. The van der Waals surface area contributed by atoms with E-state index < -0.39 is 0 Å². The van der Waals surface area contributed by atoms with E-state index in [1.165, 1.54) is 5.56 Å². The number of aryl methyl sites for hydroxylation is 1. The van der Waals surface area contributed by atoms with Gasteiger partial charge in [0.15, 0.2) is 4.77 Å². The summed E-state index contributed by atoms with van der Waals surface area (Å²) < 4.78 is 2.56. The number of halogens is 2. The van der Waals surface area contributed by atoms with Crippen LogP contribution in [-0.4, -0.2) is 9.55 Å². The lowest BCUT2D eigenvalue weighted by molar-refractivity contribution is 1.07. The number of nitrogens with one attached hydrogen (secondary N) is 1. The minimum absolute atomic E-state index is 0.589. The highest BCUT2D eigenvalue weighted by molar-refractivity contribution is 7.71. The number of hydrogen-bond acceptors (Lipinski definition) is 1. The molecule has 0 fully saturated rings. The second kappa shape index (κ2) is 4.67. The first-order chi connectivity index (χ1) is 9.04. The van der Waals surface area contributed by atoms with Crippen LogP contribution in [0, 0.1) is 11.7 Å². The van der Waals surface area contributed by atoms with Crippen molar-refractivity contribution in [1.82, 2.24) is 9.55 Å². The molecule has 0 unspecified atom stereocenters. The number of imidazole rings is 1. The standard InChI is InChI=1S/C14H10Cl2N2S/c1-8-2-3-13-12(4-8)17-14(19)18(13)11-6-9(15)5-10(16)7-11/h2-7H,1H3,(H,17,19). The minimum atomic E-state index is 0.589. The van der Waals surface area contributed by atoms with Crippen LogP contribution in [-0.2, 0) is 0 Å². The molecule has 5 heteroatoms. The van der Waals surface area contributed by atoms with Crippen molar-refractivity contribution >= 4 is 46.5 Å². The lowest BCUT2D eigenvalue weighted by Crippen LogP contribution is -1.94. The third-order valence-electron chi connectivity index (χ3n) is 2.94. The molecule has 0 aliphatic rings. The third kappa shape index (κ3) is 2.29. The molecule has 0 aliphatic heterocycles. The number of rotatable bonds is 1. The normalized spacial score (nSPS) is 11.1. The molecule has 0 amide bonds. The maximum absolute atomic E-state index is 6.05. The van der Waals surface area contributed by atoms with Crippen LogP contribution in [0.4, 0.5) is 0 Å². The number of fused-ring (bicyclic) bond motifs is 1. The van der Waals surface area contributed by atoms with Crippen molar-refractivity contribution in [3.8, 4) is 5.69 Å². The summed E-state index contributed by atoms with van der Waals surface area (Å²) in [4.78, 5) is 3.20. The van der Waals surface area contributed by atoms with Crippen molar-refractivity contribution in [3.05, 3.63) is 56.8 Å². The maximum Gasteiger partial charge on any atom is 0.182 e. The van der Waals surface area contributed by atoms with Gasteiger partial charge in [-0.15, -0.1) is 0 Å². The van der Waals surface area contributed by atoms with Crippen LogP contribution >= 0.6 is 35.4 Å². The Morgan fingerprint density at radius 2 is 1.74 bits per heavy atom. The second-order valence-corrected chi connectivity index (χ2v) is 5.67. The van der Waals surface area contributed by atoms with Crippen LogP contribution < -0.4 is 0 Å². The predicted octanol–water partition coefficient (Wildman–Crippen LogP) is 5.30. The van der Waals surface area contributed by atoms with Crippen molar-refractivity contribution in [2.75, 3.05) is 0 Å². The van der Waals surface area contributed by atoms with Crippen molar-refractivity contribution in [2.45, 2.75) is 6.92 Å². The van der Waals surface area contributed by atoms with Crippen LogP contribution in [0.15, 0.2) is 36.4 Å². The van der Waals surface area contributed by atoms with Gasteiger partial charge in [-0.05, 0) is 55.0 Å². The van der Waals surface area contributed by atoms with E-state index in [9.17, 15) is 0 Å². The Balaban J connectivity index is 2.36. The third-order valence-corrected chi connectivity index (χ3v) is 3.66. The van der Waals surface area contributed by atoms with Crippen LogP contribution in [0.2, 0.25) is 10.0 Å². The molecular weight excluding hydrogens is 299 g/mol. The molecule has 0 spiro atoms. The first kappa shape index (κ1) is 12.7. The number of aromatic amines is 1. The van der Waals surface area contributed by atoms with Gasteiger partial charge in [0.05, 0.1) is 16.7 Å². The van der Waals surface area contributed by atoms with Crippen LogP contribution in [0.1, 0.15) is 5.56 Å². The molecule has 0 atom stereocenters. The highest BCUT2D eigenvalue weighted by Crippen LogP contribution is 2.26. The number of benzene rings is 2. The van der Waals surface area contributed by atoms with Gasteiger partial charge in [0.25, 0.3) is 0 Å². The maximum atomic E-state index is 6.05. The van der Waals surface area contributed by atoms with E-state index >= 15 is 0 Å². The smallest absolute Gasteiger partial charge is 0.182 e. The van der Waals surface area contributed by atoms with Gasteiger partial charge in [-0.2, -0.15) is 0 Å². The highest BCUT2D eigenvalue weighted by Gasteiger charge is 2.08. The fourth-order valence-electron chi connectivity index (χ4n) is 2.15. The SMILES string of the molecule is Cc1ccc2c(c1)[nH]c(=S)n2-c1cc(Cl)cc(Cl)c1. The quantitative estimate of drug-likeness (QED) is 0.605. The number of hydrogen-bond donors (Lipinski definition) is 1. The first-order valence-corrected chi connectivity index (χ1v) is 6.89. The lowest BCUT2D eigenvalue weighted by Gasteiger charge is -2.06. The van der Waals surface area contributed by atoms with E-state index in [0.29, 0.717) is 14.8 Å². The Labute approximate surface area is 125 Å². The number of H-pyrrole nitrogens is 1. The molecule has 0 bridgehead atoms. The zero-order chi connectivity index (χ0) is 13.6. The fourth-order valence-corrected chi connectivity index (χ4v) is 2.98. The zero-order valence-corrected chi connectivity index (χ0v) is 12.4. The summed E-state index contributed by atoms with van der Waals surface area (Å²) in [5.41, 5.74) is 4.05. The molecule has 1 N–H and O–H groups in total. The molecule has 0 radical (unpaired) electrons. The molecule has 0 aliphatic carbocycles. The van der Waals surface area contributed by atoms with E-state index in [1.807, 2.05) is 35.8 Å². The van der Waals surface area contributed by atoms with Gasteiger partial charge in [0.1, 0.15) is 0 Å².